The van der Waals surface area contributed by atoms with E-state index in [1.165, 1.54) is 0 Å². The Morgan fingerprint density at radius 2 is 2.19 bits per heavy atom. The fraction of sp³-hybridized carbons (Fsp3) is 0.417. The molecule has 16 heavy (non-hydrogen) atoms. The molecular weight excluding hydrogens is 204 g/mol. The van der Waals surface area contributed by atoms with E-state index in [0.717, 1.165) is 6.42 Å². The van der Waals surface area contributed by atoms with Crippen LogP contribution in [0, 0.1) is 5.92 Å². The van der Waals surface area contributed by atoms with Crippen LogP contribution in [-0.4, -0.2) is 12.5 Å². The second-order valence-electron chi connectivity index (χ2n) is 3.91. The van der Waals surface area contributed by atoms with Crippen LogP contribution < -0.4 is 16.2 Å². The predicted molar refractivity (Wildman–Crippen MR) is 64.3 cm³/mol. The molecule has 0 heterocycles. The summed E-state index contributed by atoms with van der Waals surface area (Å²) in [4.78, 5) is 11.2. The first-order chi connectivity index (χ1) is 7.56. The van der Waals surface area contributed by atoms with Gasteiger partial charge in [0.2, 0.25) is 0 Å². The lowest BCUT2D eigenvalue weighted by Gasteiger charge is -2.14. The van der Waals surface area contributed by atoms with Gasteiger partial charge in [-0.1, -0.05) is 26.3 Å². The molecule has 1 atom stereocenters. The number of hydrogen-bond acceptors (Lipinski definition) is 3. The van der Waals surface area contributed by atoms with Crippen molar-refractivity contribution < 1.29 is 9.53 Å². The van der Waals surface area contributed by atoms with Crippen LogP contribution in [0.1, 0.15) is 30.6 Å². The molecule has 1 rings (SSSR count). The number of rotatable bonds is 5. The van der Waals surface area contributed by atoms with Crippen LogP contribution in [0.4, 0.5) is 5.69 Å². The number of ether oxygens (including phenoxy) is 1. The predicted octanol–water partition coefficient (Wildman–Crippen LogP) is 1.79. The van der Waals surface area contributed by atoms with Crippen molar-refractivity contribution in [3.63, 3.8) is 0 Å². The third kappa shape index (κ3) is 2.89. The zero-order chi connectivity index (χ0) is 12.1. The maximum absolute atomic E-state index is 11.2. The minimum absolute atomic E-state index is 0.336. The summed E-state index contributed by atoms with van der Waals surface area (Å²) in [5.74, 6) is 0.294. The number of amides is 1. The summed E-state index contributed by atoms with van der Waals surface area (Å²) < 4.78 is 5.56. The summed E-state index contributed by atoms with van der Waals surface area (Å²) in [6.45, 7) is 4.69. The number of para-hydroxylation sites is 1. The molecule has 0 fully saturated rings. The van der Waals surface area contributed by atoms with Crippen molar-refractivity contribution in [2.75, 3.05) is 12.3 Å². The van der Waals surface area contributed by atoms with Gasteiger partial charge in [0, 0.05) is 0 Å². The van der Waals surface area contributed by atoms with Crippen LogP contribution in [-0.2, 0) is 0 Å². The van der Waals surface area contributed by atoms with E-state index in [1.54, 1.807) is 18.2 Å². The second kappa shape index (κ2) is 5.39. The summed E-state index contributed by atoms with van der Waals surface area (Å²) >= 11 is 0. The highest BCUT2D eigenvalue weighted by Crippen LogP contribution is 2.26. The number of anilines is 1. The maximum Gasteiger partial charge on any atom is 0.252 e. The van der Waals surface area contributed by atoms with Crippen molar-refractivity contribution in [2.24, 2.45) is 11.7 Å². The molecule has 1 aromatic carbocycles. The molecule has 88 valence electrons. The summed E-state index contributed by atoms with van der Waals surface area (Å²) in [7, 11) is 0. The van der Waals surface area contributed by atoms with E-state index in [9.17, 15) is 4.79 Å². The summed E-state index contributed by atoms with van der Waals surface area (Å²) in [5.41, 5.74) is 11.8. The molecule has 0 aliphatic rings. The second-order valence-corrected chi connectivity index (χ2v) is 3.91. The Hall–Kier alpha value is -1.71. The SMILES string of the molecule is CCC(C)COc1c(N)cccc1C(N)=O. The van der Waals surface area contributed by atoms with Crippen molar-refractivity contribution in [3.05, 3.63) is 23.8 Å². The van der Waals surface area contributed by atoms with Crippen molar-refractivity contribution >= 4 is 11.6 Å². The minimum atomic E-state index is -0.522. The first kappa shape index (κ1) is 12.4. The average molecular weight is 222 g/mol. The number of nitrogen functional groups attached to an aromatic ring is 1. The van der Waals surface area contributed by atoms with Crippen LogP contribution in [0.15, 0.2) is 18.2 Å². The fourth-order valence-electron chi connectivity index (χ4n) is 1.25. The first-order valence-corrected chi connectivity index (χ1v) is 5.37. The van der Waals surface area contributed by atoms with Gasteiger partial charge < -0.3 is 16.2 Å². The Morgan fingerprint density at radius 1 is 1.50 bits per heavy atom. The summed E-state index contributed by atoms with van der Waals surface area (Å²) in [6, 6.07) is 4.99. The molecule has 0 aromatic heterocycles. The highest BCUT2D eigenvalue weighted by molar-refractivity contribution is 5.97. The molecule has 0 spiro atoms. The van der Waals surface area contributed by atoms with Crippen LogP contribution in [0.25, 0.3) is 0 Å². The molecule has 4 heteroatoms. The van der Waals surface area contributed by atoms with E-state index in [1.807, 2.05) is 0 Å². The highest BCUT2D eigenvalue weighted by Gasteiger charge is 2.13. The van der Waals surface area contributed by atoms with E-state index < -0.39 is 5.91 Å². The van der Waals surface area contributed by atoms with E-state index in [-0.39, 0.29) is 0 Å². The van der Waals surface area contributed by atoms with Gasteiger partial charge >= 0.3 is 0 Å². The smallest absolute Gasteiger partial charge is 0.252 e. The van der Waals surface area contributed by atoms with E-state index in [4.69, 9.17) is 16.2 Å². The molecule has 0 radical (unpaired) electrons. The quantitative estimate of drug-likeness (QED) is 0.745. The molecule has 1 amide bonds. The molecule has 0 saturated carbocycles. The van der Waals surface area contributed by atoms with Crippen molar-refractivity contribution in [1.29, 1.82) is 0 Å². The summed E-state index contributed by atoms with van der Waals surface area (Å²) in [6.07, 6.45) is 1.01. The van der Waals surface area contributed by atoms with Crippen molar-refractivity contribution in [3.8, 4) is 5.75 Å². The van der Waals surface area contributed by atoms with Crippen LogP contribution >= 0.6 is 0 Å². The third-order valence-electron chi connectivity index (χ3n) is 2.52. The maximum atomic E-state index is 11.2. The van der Waals surface area contributed by atoms with Gasteiger partial charge in [0.05, 0.1) is 17.9 Å². The molecule has 0 saturated heterocycles. The molecule has 4 nitrogen and oxygen atoms in total. The Morgan fingerprint density at radius 3 is 2.75 bits per heavy atom. The monoisotopic (exact) mass is 222 g/mol. The third-order valence-corrected chi connectivity index (χ3v) is 2.52. The molecule has 4 N–H and O–H groups in total. The largest absolute Gasteiger partial charge is 0.490 e. The number of nitrogens with two attached hydrogens (primary N) is 2. The van der Waals surface area contributed by atoms with E-state index in [0.29, 0.717) is 29.5 Å². The molecule has 0 aliphatic heterocycles. The van der Waals surface area contributed by atoms with Gasteiger partial charge in [-0.3, -0.25) is 4.79 Å². The molecule has 0 bridgehead atoms. The van der Waals surface area contributed by atoms with Gasteiger partial charge in [0.1, 0.15) is 0 Å². The van der Waals surface area contributed by atoms with E-state index in [2.05, 4.69) is 13.8 Å². The number of hydrogen-bond donors (Lipinski definition) is 2. The molecule has 1 aromatic rings. The van der Waals surface area contributed by atoms with Crippen LogP contribution in [0.5, 0.6) is 5.75 Å². The van der Waals surface area contributed by atoms with Crippen molar-refractivity contribution in [2.45, 2.75) is 20.3 Å². The van der Waals surface area contributed by atoms with Gasteiger partial charge in [-0.25, -0.2) is 0 Å². The molecule has 1 unspecified atom stereocenters. The number of primary amides is 1. The van der Waals surface area contributed by atoms with Crippen molar-refractivity contribution in [1.82, 2.24) is 0 Å². The zero-order valence-electron chi connectivity index (χ0n) is 9.69. The molecule has 0 aliphatic carbocycles. The van der Waals surface area contributed by atoms with Gasteiger partial charge in [0.25, 0.3) is 5.91 Å². The highest BCUT2D eigenvalue weighted by atomic mass is 16.5. The van der Waals surface area contributed by atoms with E-state index >= 15 is 0 Å². The standard InChI is InChI=1S/C12H18N2O2/c1-3-8(2)7-16-11-9(12(14)15)5-4-6-10(11)13/h4-6,8H,3,7,13H2,1-2H3,(H2,14,15). The zero-order valence-corrected chi connectivity index (χ0v) is 9.69. The van der Waals surface area contributed by atoms with Gasteiger partial charge in [-0.15, -0.1) is 0 Å². The van der Waals surface area contributed by atoms with Gasteiger partial charge in [0.15, 0.2) is 5.75 Å². The number of carbonyl (C=O) groups excluding carboxylic acids is 1. The topological polar surface area (TPSA) is 78.3 Å². The Bertz CT molecular complexity index is 377. The van der Waals surface area contributed by atoms with Crippen LogP contribution in [0.3, 0.4) is 0 Å². The molecular formula is C12H18N2O2. The normalized spacial score (nSPS) is 12.1. The minimum Gasteiger partial charge on any atom is -0.490 e. The fourth-order valence-corrected chi connectivity index (χ4v) is 1.25. The first-order valence-electron chi connectivity index (χ1n) is 5.37. The Balaban J connectivity index is 2.88. The van der Waals surface area contributed by atoms with Crippen LogP contribution in [0.2, 0.25) is 0 Å². The average Bonchev–Trinajstić information content (AvgIpc) is 2.26. The number of carbonyl (C=O) groups is 1. The Kier molecular flexibility index (Phi) is 4.17. The van der Waals surface area contributed by atoms with Gasteiger partial charge in [-0.2, -0.15) is 0 Å². The summed E-state index contributed by atoms with van der Waals surface area (Å²) in [5, 5.41) is 0. The number of benzene rings is 1. The Labute approximate surface area is 95.6 Å². The lowest BCUT2D eigenvalue weighted by Crippen LogP contribution is -2.16. The lowest BCUT2D eigenvalue weighted by atomic mass is 10.1. The lowest BCUT2D eigenvalue weighted by molar-refractivity contribution is 0.0995. The van der Waals surface area contributed by atoms with Gasteiger partial charge in [-0.05, 0) is 18.1 Å².